The molecule has 0 bridgehead atoms. The first-order valence-electron chi connectivity index (χ1n) is 10.8. The van der Waals surface area contributed by atoms with Crippen LogP contribution in [0.1, 0.15) is 22.5 Å². The molecule has 0 saturated heterocycles. The Bertz CT molecular complexity index is 1520. The van der Waals surface area contributed by atoms with Crippen LogP contribution >= 0.6 is 11.6 Å². The van der Waals surface area contributed by atoms with E-state index in [1.54, 1.807) is 0 Å². The van der Waals surface area contributed by atoms with Gasteiger partial charge in [-0.05, 0) is 47.5 Å². The van der Waals surface area contributed by atoms with Crippen LogP contribution in [-0.4, -0.2) is 20.5 Å². The summed E-state index contributed by atoms with van der Waals surface area (Å²) in [5, 5.41) is 19.1. The summed E-state index contributed by atoms with van der Waals surface area (Å²) in [4.78, 5) is 0. The van der Waals surface area contributed by atoms with Gasteiger partial charge >= 0.3 is 0 Å². The van der Waals surface area contributed by atoms with Crippen LogP contribution in [0.5, 0.6) is 0 Å². The lowest BCUT2D eigenvalue weighted by Crippen LogP contribution is -2.20. The zero-order valence-electron chi connectivity index (χ0n) is 18.0. The van der Waals surface area contributed by atoms with Crippen molar-refractivity contribution in [2.45, 2.75) is 13.5 Å². The Morgan fingerprint density at radius 2 is 1.55 bits per heavy atom. The first-order chi connectivity index (χ1) is 16.2. The molecule has 0 amide bonds. The van der Waals surface area contributed by atoms with Gasteiger partial charge < -0.3 is 0 Å². The number of benzene rings is 4. The Morgan fingerprint density at radius 3 is 2.39 bits per heavy atom. The predicted molar refractivity (Wildman–Crippen MR) is 133 cm³/mol. The Morgan fingerprint density at radius 1 is 0.788 bits per heavy atom. The second-order valence-electron chi connectivity index (χ2n) is 8.09. The number of nitrogens with zero attached hydrogens (tertiary/aromatic N) is 5. The molecule has 1 aromatic heterocycles. The molecule has 33 heavy (non-hydrogen) atoms. The van der Waals surface area contributed by atoms with E-state index in [1.165, 1.54) is 10.8 Å². The third-order valence-electron chi connectivity index (χ3n) is 5.92. The second-order valence-corrected chi connectivity index (χ2v) is 8.53. The van der Waals surface area contributed by atoms with Gasteiger partial charge in [-0.15, -0.1) is 10.2 Å². The van der Waals surface area contributed by atoms with Gasteiger partial charge in [0.1, 0.15) is 11.5 Å². The number of hydrogen-bond donors (Lipinski definition) is 0. The third-order valence-corrected chi connectivity index (χ3v) is 6.18. The number of para-hydroxylation sites is 1. The van der Waals surface area contributed by atoms with Crippen molar-refractivity contribution in [3.63, 3.8) is 0 Å². The summed E-state index contributed by atoms with van der Waals surface area (Å²) in [6.45, 7) is 2.53. The van der Waals surface area contributed by atoms with Crippen molar-refractivity contribution in [2.24, 2.45) is 5.10 Å². The molecule has 5 aromatic rings. The van der Waals surface area contributed by atoms with E-state index in [-0.39, 0.29) is 0 Å². The number of rotatable bonds is 3. The lowest BCUT2D eigenvalue weighted by Gasteiger charge is -2.18. The maximum absolute atomic E-state index is 6.17. The van der Waals surface area contributed by atoms with E-state index in [1.807, 2.05) is 48.3 Å². The number of fused-ring (bicyclic) bond motifs is 4. The van der Waals surface area contributed by atoms with Gasteiger partial charge in [-0.2, -0.15) is 5.10 Å². The molecule has 6 rings (SSSR count). The van der Waals surface area contributed by atoms with Crippen LogP contribution in [0.15, 0.2) is 96.1 Å². The van der Waals surface area contributed by atoms with Crippen LogP contribution in [-0.2, 0) is 6.54 Å². The van der Waals surface area contributed by atoms with E-state index >= 15 is 0 Å². The van der Waals surface area contributed by atoms with Crippen molar-refractivity contribution in [1.29, 1.82) is 0 Å². The van der Waals surface area contributed by atoms with Crippen molar-refractivity contribution < 1.29 is 0 Å². The second kappa shape index (κ2) is 7.87. The molecular formula is C27H20ClN5. The zero-order chi connectivity index (χ0) is 22.4. The fourth-order valence-electron chi connectivity index (χ4n) is 4.33. The van der Waals surface area contributed by atoms with Crippen molar-refractivity contribution in [3.8, 4) is 5.69 Å². The van der Waals surface area contributed by atoms with E-state index in [2.05, 4.69) is 69.4 Å². The Labute approximate surface area is 196 Å². The van der Waals surface area contributed by atoms with Crippen LogP contribution in [0.2, 0.25) is 5.02 Å². The number of aryl methyl sites for hydroxylation is 1. The van der Waals surface area contributed by atoms with Gasteiger partial charge in [0.15, 0.2) is 0 Å². The SMILES string of the molecule is Cc1nnc2n1-c1ccccc1C(c1ccc(Cl)cc1)=NN2Cc1ccc2ccccc2c1. The molecule has 160 valence electrons. The summed E-state index contributed by atoms with van der Waals surface area (Å²) < 4.78 is 2.07. The van der Waals surface area contributed by atoms with E-state index in [0.717, 1.165) is 33.9 Å². The molecule has 0 atom stereocenters. The third kappa shape index (κ3) is 3.47. The smallest absolute Gasteiger partial charge is 0.252 e. The number of hydrazone groups is 1. The highest BCUT2D eigenvalue weighted by atomic mass is 35.5. The minimum absolute atomic E-state index is 0.564. The maximum atomic E-state index is 6.17. The van der Waals surface area contributed by atoms with Gasteiger partial charge in [-0.1, -0.05) is 78.3 Å². The minimum Gasteiger partial charge on any atom is -0.263 e. The highest BCUT2D eigenvalue weighted by molar-refractivity contribution is 6.30. The molecule has 0 fully saturated rings. The Kier molecular flexibility index (Phi) is 4.70. The maximum Gasteiger partial charge on any atom is 0.252 e. The molecule has 0 radical (unpaired) electrons. The van der Waals surface area contributed by atoms with Crippen molar-refractivity contribution >= 4 is 34.0 Å². The van der Waals surface area contributed by atoms with Crippen LogP contribution < -0.4 is 5.01 Å². The number of halogens is 1. The summed E-state index contributed by atoms with van der Waals surface area (Å²) in [7, 11) is 0. The molecule has 5 nitrogen and oxygen atoms in total. The lowest BCUT2D eigenvalue weighted by atomic mass is 10.0. The summed E-state index contributed by atoms with van der Waals surface area (Å²) in [6, 6.07) is 30.9. The Hall–Kier alpha value is -3.96. The molecule has 0 aliphatic carbocycles. The zero-order valence-corrected chi connectivity index (χ0v) is 18.7. The molecule has 0 spiro atoms. The van der Waals surface area contributed by atoms with Crippen LogP contribution in [0, 0.1) is 6.92 Å². The predicted octanol–water partition coefficient (Wildman–Crippen LogP) is 6.15. The Balaban J connectivity index is 1.54. The van der Waals surface area contributed by atoms with E-state index < -0.39 is 0 Å². The van der Waals surface area contributed by atoms with E-state index in [9.17, 15) is 0 Å². The lowest BCUT2D eigenvalue weighted by molar-refractivity contribution is 0.797. The van der Waals surface area contributed by atoms with Gasteiger partial charge in [0.2, 0.25) is 0 Å². The monoisotopic (exact) mass is 449 g/mol. The van der Waals surface area contributed by atoms with Gasteiger partial charge in [0, 0.05) is 16.1 Å². The van der Waals surface area contributed by atoms with Crippen molar-refractivity contribution in [3.05, 3.63) is 119 Å². The first-order valence-corrected chi connectivity index (χ1v) is 11.2. The molecule has 4 aromatic carbocycles. The summed E-state index contributed by atoms with van der Waals surface area (Å²) in [5.41, 5.74) is 5.03. The molecule has 0 N–H and O–H groups in total. The van der Waals surface area contributed by atoms with Crippen molar-refractivity contribution in [1.82, 2.24) is 14.8 Å². The largest absolute Gasteiger partial charge is 0.263 e. The molecule has 0 saturated carbocycles. The highest BCUT2D eigenvalue weighted by Gasteiger charge is 2.26. The molecule has 1 aliphatic heterocycles. The average Bonchev–Trinajstić information content (AvgIpc) is 3.17. The number of hydrogen-bond acceptors (Lipinski definition) is 4. The fourth-order valence-corrected chi connectivity index (χ4v) is 4.45. The molecule has 2 heterocycles. The van der Waals surface area contributed by atoms with E-state index in [4.69, 9.17) is 16.7 Å². The first kappa shape index (κ1) is 19.7. The van der Waals surface area contributed by atoms with E-state index in [0.29, 0.717) is 17.5 Å². The minimum atomic E-state index is 0.564. The molecule has 1 aliphatic rings. The average molecular weight is 450 g/mol. The van der Waals surface area contributed by atoms with Gasteiger partial charge in [0.05, 0.1) is 12.2 Å². The topological polar surface area (TPSA) is 46.3 Å². The fraction of sp³-hybridized carbons (Fsp3) is 0.0741. The summed E-state index contributed by atoms with van der Waals surface area (Å²) in [5.74, 6) is 1.51. The quantitative estimate of drug-likeness (QED) is 0.331. The van der Waals surface area contributed by atoms with Crippen LogP contribution in [0.4, 0.5) is 5.95 Å². The standard InChI is InChI=1S/C27H20ClN5/c1-18-29-30-27-32(17-19-10-11-20-6-2-3-7-22(20)16-19)31-26(21-12-14-23(28)15-13-21)24-8-4-5-9-25(24)33(18)27/h2-16H,17H2,1H3. The summed E-state index contributed by atoms with van der Waals surface area (Å²) >= 11 is 6.17. The highest BCUT2D eigenvalue weighted by Crippen LogP contribution is 2.31. The van der Waals surface area contributed by atoms with Gasteiger partial charge in [-0.25, -0.2) is 5.01 Å². The van der Waals surface area contributed by atoms with Crippen LogP contribution in [0.25, 0.3) is 16.5 Å². The van der Waals surface area contributed by atoms with Gasteiger partial charge in [0.25, 0.3) is 5.95 Å². The van der Waals surface area contributed by atoms with Crippen molar-refractivity contribution in [2.75, 3.05) is 5.01 Å². The normalized spacial score (nSPS) is 12.8. The molecule has 6 heteroatoms. The number of anilines is 1. The number of aromatic nitrogens is 3. The summed E-state index contributed by atoms with van der Waals surface area (Å²) in [6.07, 6.45) is 0. The molecule has 0 unspecified atom stereocenters. The molecular weight excluding hydrogens is 430 g/mol. The van der Waals surface area contributed by atoms with Gasteiger partial charge in [-0.3, -0.25) is 4.57 Å². The van der Waals surface area contributed by atoms with Crippen LogP contribution in [0.3, 0.4) is 0 Å².